The monoisotopic (exact) mass is 254 g/mol. The van der Waals surface area contributed by atoms with Crippen LogP contribution in [-0.2, 0) is 6.18 Å². The predicted molar refractivity (Wildman–Crippen MR) is 53.6 cm³/mol. The molecule has 90 valence electrons. The van der Waals surface area contributed by atoms with Crippen LogP contribution in [0.15, 0.2) is 12.1 Å². The second-order valence-electron chi connectivity index (χ2n) is 3.25. The van der Waals surface area contributed by atoms with Gasteiger partial charge >= 0.3 is 6.18 Å². The van der Waals surface area contributed by atoms with Gasteiger partial charge in [-0.2, -0.15) is 13.2 Å². The van der Waals surface area contributed by atoms with E-state index < -0.39 is 17.8 Å². The van der Waals surface area contributed by atoms with Gasteiger partial charge in [-0.3, -0.25) is 0 Å². The molecule has 0 radical (unpaired) electrons. The SMILES string of the molecule is COc1c(Cl)cc(C(F)(F)F)cc1C(C)O. The van der Waals surface area contributed by atoms with E-state index in [4.69, 9.17) is 16.3 Å². The van der Waals surface area contributed by atoms with Gasteiger partial charge in [0.15, 0.2) is 0 Å². The van der Waals surface area contributed by atoms with E-state index in [-0.39, 0.29) is 16.3 Å². The van der Waals surface area contributed by atoms with Crippen molar-refractivity contribution in [2.45, 2.75) is 19.2 Å². The minimum atomic E-state index is -4.50. The van der Waals surface area contributed by atoms with Gasteiger partial charge in [-0.25, -0.2) is 0 Å². The highest BCUT2D eigenvalue weighted by Gasteiger charge is 2.32. The van der Waals surface area contributed by atoms with E-state index in [2.05, 4.69) is 0 Å². The van der Waals surface area contributed by atoms with Gasteiger partial charge in [-0.05, 0) is 19.1 Å². The lowest BCUT2D eigenvalue weighted by atomic mass is 10.1. The molecule has 0 aliphatic rings. The van der Waals surface area contributed by atoms with E-state index in [1.54, 1.807) is 0 Å². The Hall–Kier alpha value is -0.940. The minimum Gasteiger partial charge on any atom is -0.495 e. The van der Waals surface area contributed by atoms with Crippen LogP contribution in [-0.4, -0.2) is 12.2 Å². The van der Waals surface area contributed by atoms with Gasteiger partial charge in [0.1, 0.15) is 5.75 Å². The van der Waals surface area contributed by atoms with Crippen molar-refractivity contribution in [3.05, 3.63) is 28.3 Å². The number of rotatable bonds is 2. The number of hydrogen-bond acceptors (Lipinski definition) is 2. The molecule has 1 unspecified atom stereocenters. The van der Waals surface area contributed by atoms with Crippen LogP contribution in [0.5, 0.6) is 5.75 Å². The summed E-state index contributed by atoms with van der Waals surface area (Å²) in [6.45, 7) is 1.34. The highest BCUT2D eigenvalue weighted by atomic mass is 35.5. The fourth-order valence-corrected chi connectivity index (χ4v) is 1.61. The minimum absolute atomic E-state index is 0.0160. The highest BCUT2D eigenvalue weighted by Crippen LogP contribution is 2.39. The highest BCUT2D eigenvalue weighted by molar-refractivity contribution is 6.32. The summed E-state index contributed by atoms with van der Waals surface area (Å²) in [6.07, 6.45) is -5.59. The van der Waals surface area contributed by atoms with E-state index in [0.717, 1.165) is 12.1 Å². The molecule has 1 aromatic rings. The number of methoxy groups -OCH3 is 1. The Labute approximate surface area is 95.6 Å². The second-order valence-corrected chi connectivity index (χ2v) is 3.66. The van der Waals surface area contributed by atoms with Crippen molar-refractivity contribution in [1.82, 2.24) is 0 Å². The second kappa shape index (κ2) is 4.51. The fourth-order valence-electron chi connectivity index (χ4n) is 1.30. The normalized spacial score (nSPS) is 13.7. The average Bonchev–Trinajstić information content (AvgIpc) is 2.14. The number of ether oxygens (including phenoxy) is 1. The largest absolute Gasteiger partial charge is 0.495 e. The van der Waals surface area contributed by atoms with E-state index in [1.807, 2.05) is 0 Å². The maximum Gasteiger partial charge on any atom is 0.416 e. The molecular weight excluding hydrogens is 245 g/mol. The molecule has 0 aliphatic carbocycles. The molecule has 0 aliphatic heterocycles. The third kappa shape index (κ3) is 2.59. The first-order valence-corrected chi connectivity index (χ1v) is 4.78. The van der Waals surface area contributed by atoms with E-state index in [0.29, 0.717) is 0 Å². The average molecular weight is 255 g/mol. The lowest BCUT2D eigenvalue weighted by Gasteiger charge is -2.16. The zero-order valence-electron chi connectivity index (χ0n) is 8.60. The van der Waals surface area contributed by atoms with Crippen LogP contribution in [0.2, 0.25) is 5.02 Å². The topological polar surface area (TPSA) is 29.5 Å². The first kappa shape index (κ1) is 13.1. The van der Waals surface area contributed by atoms with Crippen LogP contribution in [0, 0.1) is 0 Å². The first-order chi connectivity index (χ1) is 7.27. The maximum absolute atomic E-state index is 12.5. The van der Waals surface area contributed by atoms with E-state index >= 15 is 0 Å². The molecule has 0 heterocycles. The molecule has 1 N–H and O–H groups in total. The van der Waals surface area contributed by atoms with Crippen LogP contribution < -0.4 is 4.74 Å². The van der Waals surface area contributed by atoms with Gasteiger partial charge in [-0.15, -0.1) is 0 Å². The van der Waals surface area contributed by atoms with E-state index in [9.17, 15) is 18.3 Å². The molecule has 0 amide bonds. The molecule has 2 nitrogen and oxygen atoms in total. The first-order valence-electron chi connectivity index (χ1n) is 4.40. The Bertz CT molecular complexity index is 388. The van der Waals surface area contributed by atoms with Crippen molar-refractivity contribution < 1.29 is 23.0 Å². The maximum atomic E-state index is 12.5. The summed E-state index contributed by atoms with van der Waals surface area (Å²) in [4.78, 5) is 0. The molecule has 0 bridgehead atoms. The summed E-state index contributed by atoms with van der Waals surface area (Å²) in [5.41, 5.74) is -0.892. The van der Waals surface area contributed by atoms with Crippen molar-refractivity contribution >= 4 is 11.6 Å². The van der Waals surface area contributed by atoms with Crippen molar-refractivity contribution in [1.29, 1.82) is 0 Å². The zero-order chi connectivity index (χ0) is 12.5. The van der Waals surface area contributed by atoms with Crippen molar-refractivity contribution in [3.63, 3.8) is 0 Å². The predicted octanol–water partition coefficient (Wildman–Crippen LogP) is 3.42. The number of halogens is 4. The molecule has 0 saturated heterocycles. The van der Waals surface area contributed by atoms with Crippen LogP contribution in [0.1, 0.15) is 24.2 Å². The number of benzene rings is 1. The van der Waals surface area contributed by atoms with Crippen LogP contribution in [0.4, 0.5) is 13.2 Å². The Morgan fingerprint density at radius 1 is 1.38 bits per heavy atom. The Morgan fingerprint density at radius 3 is 2.31 bits per heavy atom. The molecule has 1 rings (SSSR count). The summed E-state index contributed by atoms with van der Waals surface area (Å²) in [5.74, 6) is 0.0599. The standard InChI is InChI=1S/C10H10ClF3O2/c1-5(15)7-3-6(10(12,13)14)4-8(11)9(7)16-2/h3-5,15H,1-2H3. The molecule has 1 atom stereocenters. The Balaban J connectivity index is 3.40. The summed E-state index contributed by atoms with van der Waals surface area (Å²) >= 11 is 5.65. The third-order valence-corrected chi connectivity index (χ3v) is 2.33. The molecule has 0 saturated carbocycles. The molecule has 0 aromatic heterocycles. The summed E-state index contributed by atoms with van der Waals surface area (Å²) < 4.78 is 42.2. The molecule has 6 heteroatoms. The third-order valence-electron chi connectivity index (χ3n) is 2.05. The van der Waals surface area contributed by atoms with Crippen molar-refractivity contribution in [2.75, 3.05) is 7.11 Å². The van der Waals surface area contributed by atoms with Crippen molar-refractivity contribution in [2.24, 2.45) is 0 Å². The summed E-state index contributed by atoms with van der Waals surface area (Å²) in [7, 11) is 1.28. The number of hydrogen-bond donors (Lipinski definition) is 1. The summed E-state index contributed by atoms with van der Waals surface area (Å²) in [5, 5.41) is 9.17. The molecular formula is C10H10ClF3O2. The van der Waals surface area contributed by atoms with Gasteiger partial charge in [-0.1, -0.05) is 11.6 Å². The molecule has 16 heavy (non-hydrogen) atoms. The lowest BCUT2D eigenvalue weighted by molar-refractivity contribution is -0.137. The Morgan fingerprint density at radius 2 is 1.94 bits per heavy atom. The van der Waals surface area contributed by atoms with Gasteiger partial charge in [0, 0.05) is 5.56 Å². The lowest BCUT2D eigenvalue weighted by Crippen LogP contribution is -2.08. The smallest absolute Gasteiger partial charge is 0.416 e. The molecule has 0 fully saturated rings. The fraction of sp³-hybridized carbons (Fsp3) is 0.400. The van der Waals surface area contributed by atoms with Gasteiger partial charge in [0.2, 0.25) is 0 Å². The van der Waals surface area contributed by atoms with Crippen molar-refractivity contribution in [3.8, 4) is 5.75 Å². The number of aliphatic hydroxyl groups excluding tert-OH is 1. The number of alkyl halides is 3. The van der Waals surface area contributed by atoms with Crippen LogP contribution in [0.3, 0.4) is 0 Å². The van der Waals surface area contributed by atoms with Crippen LogP contribution in [0.25, 0.3) is 0 Å². The van der Waals surface area contributed by atoms with Gasteiger partial charge < -0.3 is 9.84 Å². The van der Waals surface area contributed by atoms with Gasteiger partial charge in [0.05, 0.1) is 23.8 Å². The van der Waals surface area contributed by atoms with Crippen LogP contribution >= 0.6 is 11.6 Å². The summed E-state index contributed by atoms with van der Waals surface area (Å²) in [6, 6.07) is 1.60. The quantitative estimate of drug-likeness (QED) is 0.876. The van der Waals surface area contributed by atoms with Gasteiger partial charge in [0.25, 0.3) is 0 Å². The Kier molecular flexibility index (Phi) is 3.70. The number of aliphatic hydroxyl groups is 1. The molecule has 0 spiro atoms. The zero-order valence-corrected chi connectivity index (χ0v) is 9.36. The van der Waals surface area contributed by atoms with E-state index in [1.165, 1.54) is 14.0 Å². The molecule has 1 aromatic carbocycles.